The molecule has 0 bridgehead atoms. The van der Waals surface area contributed by atoms with Gasteiger partial charge in [0.25, 0.3) is 5.91 Å². The van der Waals surface area contributed by atoms with Crippen molar-refractivity contribution in [2.75, 3.05) is 31.5 Å². The summed E-state index contributed by atoms with van der Waals surface area (Å²) in [4.78, 5) is 33.1. The predicted octanol–water partition coefficient (Wildman–Crippen LogP) is 2.29. The SMILES string of the molecule is CCC1CCCCN1C(=O)C1(O)CCN(CC(=O)Nc2ccc(Cl)cn2)CC1. The quantitative estimate of drug-likeness (QED) is 0.780. The molecule has 1 aromatic heterocycles. The molecule has 7 nitrogen and oxygen atoms in total. The second kappa shape index (κ2) is 9.20. The number of aliphatic hydroxyl groups is 1. The van der Waals surface area contributed by atoms with Crippen LogP contribution in [0.5, 0.6) is 0 Å². The number of halogens is 1. The standard InChI is InChI=1S/C20H29ClN4O3/c1-2-16-5-3-4-10-25(16)19(27)20(28)8-11-24(12-9-20)14-18(26)23-17-7-6-15(21)13-22-17/h6-7,13,16,28H,2-5,8-12,14H2,1H3,(H,22,23,26). The maximum absolute atomic E-state index is 13.0. The van der Waals surface area contributed by atoms with E-state index in [1.165, 1.54) is 6.20 Å². The molecule has 8 heteroatoms. The van der Waals surface area contributed by atoms with Gasteiger partial charge in [-0.3, -0.25) is 14.5 Å². The van der Waals surface area contributed by atoms with Crippen LogP contribution in [0.3, 0.4) is 0 Å². The van der Waals surface area contributed by atoms with Crippen LogP contribution >= 0.6 is 11.6 Å². The molecule has 2 saturated heterocycles. The van der Waals surface area contributed by atoms with Crippen molar-refractivity contribution in [3.05, 3.63) is 23.4 Å². The van der Waals surface area contributed by atoms with Gasteiger partial charge in [-0.2, -0.15) is 0 Å². The Morgan fingerprint density at radius 1 is 1.29 bits per heavy atom. The number of likely N-dealkylation sites (tertiary alicyclic amines) is 2. The van der Waals surface area contributed by atoms with Crippen LogP contribution in [0, 0.1) is 0 Å². The lowest BCUT2D eigenvalue weighted by Crippen LogP contribution is -2.58. The van der Waals surface area contributed by atoms with Crippen LogP contribution < -0.4 is 5.32 Å². The number of nitrogens with one attached hydrogen (secondary N) is 1. The molecule has 2 fully saturated rings. The fourth-order valence-electron chi connectivity index (χ4n) is 4.09. The Kier molecular flexibility index (Phi) is 6.91. The van der Waals surface area contributed by atoms with Crippen LogP contribution in [0.1, 0.15) is 45.4 Å². The molecule has 2 aliphatic heterocycles. The first-order valence-electron chi connectivity index (χ1n) is 10.1. The first-order valence-corrected chi connectivity index (χ1v) is 10.5. The number of anilines is 1. The minimum absolute atomic E-state index is 0.131. The van der Waals surface area contributed by atoms with Gasteiger partial charge in [-0.25, -0.2) is 4.98 Å². The summed E-state index contributed by atoms with van der Waals surface area (Å²) in [5.74, 6) is 0.149. The third-order valence-electron chi connectivity index (χ3n) is 5.80. The summed E-state index contributed by atoms with van der Waals surface area (Å²) in [5.41, 5.74) is -1.31. The second-order valence-electron chi connectivity index (χ2n) is 7.77. The summed E-state index contributed by atoms with van der Waals surface area (Å²) in [6.07, 6.45) is 6.27. The van der Waals surface area contributed by atoms with E-state index in [-0.39, 0.29) is 24.4 Å². The number of piperidine rings is 2. The molecular weight excluding hydrogens is 380 g/mol. The minimum Gasteiger partial charge on any atom is -0.380 e. The van der Waals surface area contributed by atoms with Crippen LogP contribution in [-0.4, -0.2) is 69.5 Å². The van der Waals surface area contributed by atoms with Gasteiger partial charge in [0, 0.05) is 31.9 Å². The van der Waals surface area contributed by atoms with E-state index < -0.39 is 5.60 Å². The highest BCUT2D eigenvalue weighted by Gasteiger charge is 2.43. The van der Waals surface area contributed by atoms with Crippen LogP contribution in [0.15, 0.2) is 18.3 Å². The lowest BCUT2D eigenvalue weighted by Gasteiger charge is -2.43. The summed E-state index contributed by atoms with van der Waals surface area (Å²) < 4.78 is 0. The largest absolute Gasteiger partial charge is 0.380 e. The number of amides is 2. The second-order valence-corrected chi connectivity index (χ2v) is 8.21. The van der Waals surface area contributed by atoms with E-state index in [0.717, 1.165) is 32.2 Å². The molecule has 0 radical (unpaired) electrons. The molecule has 0 aliphatic carbocycles. The molecule has 1 aromatic rings. The molecule has 3 rings (SSSR count). The average molecular weight is 409 g/mol. The maximum atomic E-state index is 13.0. The zero-order valence-corrected chi connectivity index (χ0v) is 17.1. The zero-order chi connectivity index (χ0) is 20.1. The first-order chi connectivity index (χ1) is 13.4. The summed E-state index contributed by atoms with van der Waals surface area (Å²) in [6.45, 7) is 4.05. The van der Waals surface area contributed by atoms with Gasteiger partial charge < -0.3 is 15.3 Å². The normalized spacial score (nSPS) is 22.7. The van der Waals surface area contributed by atoms with Gasteiger partial charge in [-0.1, -0.05) is 18.5 Å². The van der Waals surface area contributed by atoms with Gasteiger partial charge in [0.2, 0.25) is 5.91 Å². The third-order valence-corrected chi connectivity index (χ3v) is 6.03. The lowest BCUT2D eigenvalue weighted by atomic mass is 9.87. The van der Waals surface area contributed by atoms with Gasteiger partial charge in [-0.15, -0.1) is 0 Å². The minimum atomic E-state index is -1.31. The fourth-order valence-corrected chi connectivity index (χ4v) is 4.20. The molecule has 154 valence electrons. The van der Waals surface area contributed by atoms with Gasteiger partial charge in [0.05, 0.1) is 11.6 Å². The number of hydrogen-bond acceptors (Lipinski definition) is 5. The molecule has 0 spiro atoms. The van der Waals surface area contributed by atoms with Crippen molar-refractivity contribution in [1.29, 1.82) is 0 Å². The maximum Gasteiger partial charge on any atom is 0.254 e. The van der Waals surface area contributed by atoms with Crippen LogP contribution in [0.2, 0.25) is 5.02 Å². The van der Waals surface area contributed by atoms with Crippen molar-refractivity contribution >= 4 is 29.2 Å². The molecule has 1 unspecified atom stereocenters. The average Bonchev–Trinajstić information content (AvgIpc) is 2.71. The number of pyridine rings is 1. The predicted molar refractivity (Wildman–Crippen MR) is 108 cm³/mol. The molecule has 0 aromatic carbocycles. The van der Waals surface area contributed by atoms with Gasteiger partial charge >= 0.3 is 0 Å². The Morgan fingerprint density at radius 2 is 2.04 bits per heavy atom. The molecule has 1 atom stereocenters. The van der Waals surface area contributed by atoms with E-state index in [1.807, 2.05) is 9.80 Å². The van der Waals surface area contributed by atoms with Gasteiger partial charge in [0.1, 0.15) is 11.4 Å². The fraction of sp³-hybridized carbons (Fsp3) is 0.650. The van der Waals surface area contributed by atoms with Crippen molar-refractivity contribution in [3.63, 3.8) is 0 Å². The molecule has 2 N–H and O–H groups in total. The number of aromatic nitrogens is 1. The summed E-state index contributed by atoms with van der Waals surface area (Å²) in [6, 6.07) is 3.55. The number of hydrogen-bond donors (Lipinski definition) is 2. The van der Waals surface area contributed by atoms with E-state index in [1.54, 1.807) is 12.1 Å². The third kappa shape index (κ3) is 5.01. The van der Waals surface area contributed by atoms with E-state index >= 15 is 0 Å². The van der Waals surface area contributed by atoms with Crippen molar-refractivity contribution in [1.82, 2.24) is 14.8 Å². The van der Waals surface area contributed by atoms with Crippen molar-refractivity contribution in [2.24, 2.45) is 0 Å². The van der Waals surface area contributed by atoms with Crippen LogP contribution in [-0.2, 0) is 9.59 Å². The number of rotatable bonds is 5. The number of carbonyl (C=O) groups is 2. The number of nitrogens with zero attached hydrogens (tertiary/aromatic N) is 3. The summed E-state index contributed by atoms with van der Waals surface area (Å²) >= 11 is 5.79. The molecule has 0 saturated carbocycles. The highest BCUT2D eigenvalue weighted by Crippen LogP contribution is 2.29. The molecule has 2 aliphatic rings. The highest BCUT2D eigenvalue weighted by molar-refractivity contribution is 6.30. The van der Waals surface area contributed by atoms with Crippen LogP contribution in [0.25, 0.3) is 0 Å². The van der Waals surface area contributed by atoms with Gasteiger partial charge in [-0.05, 0) is 50.7 Å². The van der Waals surface area contributed by atoms with E-state index in [9.17, 15) is 14.7 Å². The monoisotopic (exact) mass is 408 g/mol. The summed E-state index contributed by atoms with van der Waals surface area (Å²) in [5, 5.41) is 14.2. The zero-order valence-electron chi connectivity index (χ0n) is 16.4. The molecule has 3 heterocycles. The van der Waals surface area contributed by atoms with Crippen LogP contribution in [0.4, 0.5) is 5.82 Å². The molecule has 28 heavy (non-hydrogen) atoms. The topological polar surface area (TPSA) is 85.8 Å². The van der Waals surface area contributed by atoms with Gasteiger partial charge in [0.15, 0.2) is 0 Å². The Bertz CT molecular complexity index is 689. The summed E-state index contributed by atoms with van der Waals surface area (Å²) in [7, 11) is 0. The Hall–Kier alpha value is -1.70. The Labute approximate surface area is 171 Å². The van der Waals surface area contributed by atoms with Crippen molar-refractivity contribution in [2.45, 2.75) is 57.1 Å². The van der Waals surface area contributed by atoms with Crippen molar-refractivity contribution < 1.29 is 14.7 Å². The van der Waals surface area contributed by atoms with E-state index in [4.69, 9.17) is 11.6 Å². The van der Waals surface area contributed by atoms with E-state index in [2.05, 4.69) is 17.2 Å². The Balaban J connectivity index is 1.50. The smallest absolute Gasteiger partial charge is 0.254 e. The lowest BCUT2D eigenvalue weighted by molar-refractivity contribution is -0.160. The van der Waals surface area contributed by atoms with Crippen molar-refractivity contribution in [3.8, 4) is 0 Å². The van der Waals surface area contributed by atoms with E-state index in [0.29, 0.717) is 36.8 Å². The number of carbonyl (C=O) groups excluding carboxylic acids is 2. The molecule has 2 amide bonds. The highest BCUT2D eigenvalue weighted by atomic mass is 35.5. The molecular formula is C20H29ClN4O3. The Morgan fingerprint density at radius 3 is 2.68 bits per heavy atom. The first kappa shape index (κ1) is 21.0.